The summed E-state index contributed by atoms with van der Waals surface area (Å²) in [5.41, 5.74) is 2.51. The molecule has 0 aromatic rings. The predicted octanol–water partition coefficient (Wildman–Crippen LogP) is 1.84. The predicted molar refractivity (Wildman–Crippen MR) is 44.7 cm³/mol. The van der Waals surface area contributed by atoms with Gasteiger partial charge in [0.05, 0.1) is 0 Å². The molecule has 0 aromatic carbocycles. The Hall–Kier alpha value is -0.110. The lowest BCUT2D eigenvalue weighted by Crippen LogP contribution is -2.24. The Balaban J connectivity index is 3.25. The van der Waals surface area contributed by atoms with Crippen molar-refractivity contribution in [3.05, 3.63) is 0 Å². The number of hydrogen-bond donors (Lipinski definition) is 1. The van der Waals surface area contributed by atoms with Crippen LogP contribution in [0.15, 0.2) is 0 Å². The normalized spacial score (nSPS) is 13.3. The van der Waals surface area contributed by atoms with Crippen LogP contribution in [0.1, 0.15) is 27.2 Å². The second kappa shape index (κ2) is 4.74. The Bertz CT molecular complexity index is 81.0. The Morgan fingerprint density at radius 1 is 1.44 bits per heavy atom. The minimum atomic E-state index is 0.475. The zero-order valence-corrected chi connectivity index (χ0v) is 7.09. The molecule has 9 heavy (non-hydrogen) atoms. The van der Waals surface area contributed by atoms with E-state index in [4.69, 9.17) is 0 Å². The second-order valence-electron chi connectivity index (χ2n) is 2.78. The van der Waals surface area contributed by atoms with E-state index in [9.17, 15) is 0 Å². The fourth-order valence-electron chi connectivity index (χ4n) is 0.867. The summed E-state index contributed by atoms with van der Waals surface area (Å²) in [4.78, 5) is 0. The van der Waals surface area contributed by atoms with Crippen LogP contribution < -0.4 is 5.32 Å². The Kier molecular flexibility index (Phi) is 4.68. The van der Waals surface area contributed by atoms with E-state index < -0.39 is 0 Å². The van der Waals surface area contributed by atoms with E-state index >= 15 is 0 Å². The fraction of sp³-hybridized carbons (Fsp3) is 0.857. The summed E-state index contributed by atoms with van der Waals surface area (Å²) in [6, 6.07) is 0.475. The molecular formula is C7H14NS. The Morgan fingerprint density at radius 2 is 2.00 bits per heavy atom. The smallest absolute Gasteiger partial charge is 0.134 e. The van der Waals surface area contributed by atoms with E-state index in [1.165, 1.54) is 0 Å². The van der Waals surface area contributed by atoms with Crippen molar-refractivity contribution in [2.75, 3.05) is 0 Å². The largest absolute Gasteiger partial charge is 0.371 e. The SMILES string of the molecule is CC(C)CC(C)N[C]=S. The molecule has 0 aliphatic rings. The van der Waals surface area contributed by atoms with Crippen molar-refractivity contribution in [1.82, 2.24) is 5.32 Å². The zero-order chi connectivity index (χ0) is 7.28. The lowest BCUT2D eigenvalue weighted by atomic mass is 10.1. The standard InChI is InChI=1S/C7H14NS/c1-6(2)4-7(3)8-5-9/h6-7H,4H2,1-3H3,(H,8,9). The highest BCUT2D eigenvalue weighted by Crippen LogP contribution is 2.02. The third-order valence-electron chi connectivity index (χ3n) is 1.13. The molecular weight excluding hydrogens is 130 g/mol. The fourth-order valence-corrected chi connectivity index (χ4v) is 1.07. The van der Waals surface area contributed by atoms with E-state index in [1.807, 2.05) is 0 Å². The first-order valence-electron chi connectivity index (χ1n) is 3.29. The summed E-state index contributed by atoms with van der Waals surface area (Å²) in [5, 5.41) is 2.94. The molecule has 0 bridgehead atoms. The van der Waals surface area contributed by atoms with Crippen LogP contribution in [0.4, 0.5) is 0 Å². The molecule has 1 N–H and O–H groups in total. The maximum Gasteiger partial charge on any atom is 0.134 e. The summed E-state index contributed by atoms with van der Waals surface area (Å²) in [7, 11) is 0. The van der Waals surface area contributed by atoms with Crippen LogP contribution in [0.3, 0.4) is 0 Å². The first-order chi connectivity index (χ1) is 4.16. The summed E-state index contributed by atoms with van der Waals surface area (Å²) >= 11 is 4.52. The molecule has 0 saturated heterocycles. The molecule has 0 aliphatic carbocycles. The van der Waals surface area contributed by atoms with Gasteiger partial charge in [0.25, 0.3) is 0 Å². The van der Waals surface area contributed by atoms with Crippen molar-refractivity contribution in [1.29, 1.82) is 0 Å². The number of thiocarbonyl (C=S) groups is 1. The maximum atomic E-state index is 4.52. The molecule has 0 amide bonds. The monoisotopic (exact) mass is 144 g/mol. The van der Waals surface area contributed by atoms with Gasteiger partial charge in [-0.1, -0.05) is 26.1 Å². The van der Waals surface area contributed by atoms with Gasteiger partial charge in [-0.05, 0) is 19.3 Å². The highest BCUT2D eigenvalue weighted by Gasteiger charge is 2.00. The van der Waals surface area contributed by atoms with Gasteiger partial charge in [-0.25, -0.2) is 0 Å². The third-order valence-corrected chi connectivity index (χ3v) is 1.25. The number of nitrogens with one attached hydrogen (secondary N) is 1. The molecule has 1 nitrogen and oxygen atoms in total. The topological polar surface area (TPSA) is 12.0 Å². The minimum absolute atomic E-state index is 0.475. The van der Waals surface area contributed by atoms with Crippen molar-refractivity contribution >= 4 is 17.7 Å². The Morgan fingerprint density at radius 3 is 2.33 bits per heavy atom. The zero-order valence-electron chi connectivity index (χ0n) is 6.27. The van der Waals surface area contributed by atoms with E-state index in [2.05, 4.69) is 43.8 Å². The number of rotatable bonds is 4. The summed E-state index contributed by atoms with van der Waals surface area (Å²) in [5.74, 6) is 0.732. The molecule has 0 heterocycles. The van der Waals surface area contributed by atoms with Gasteiger partial charge in [0.1, 0.15) is 5.49 Å². The van der Waals surface area contributed by atoms with Gasteiger partial charge >= 0.3 is 0 Å². The summed E-state index contributed by atoms with van der Waals surface area (Å²) in [6.45, 7) is 6.50. The first kappa shape index (κ1) is 8.89. The van der Waals surface area contributed by atoms with Gasteiger partial charge in [0.15, 0.2) is 0 Å². The van der Waals surface area contributed by atoms with E-state index in [0.717, 1.165) is 12.3 Å². The average molecular weight is 144 g/mol. The molecule has 2 heteroatoms. The van der Waals surface area contributed by atoms with Crippen LogP contribution in [-0.4, -0.2) is 11.5 Å². The minimum Gasteiger partial charge on any atom is -0.371 e. The number of hydrogen-bond acceptors (Lipinski definition) is 1. The second-order valence-corrected chi connectivity index (χ2v) is 2.98. The molecule has 0 spiro atoms. The molecule has 1 radical (unpaired) electrons. The summed E-state index contributed by atoms with van der Waals surface area (Å²) in [6.07, 6.45) is 1.16. The Labute approximate surface area is 62.8 Å². The van der Waals surface area contributed by atoms with Gasteiger partial charge in [-0.15, -0.1) is 0 Å². The van der Waals surface area contributed by atoms with Gasteiger partial charge in [0, 0.05) is 6.04 Å². The van der Waals surface area contributed by atoms with E-state index in [-0.39, 0.29) is 0 Å². The van der Waals surface area contributed by atoms with Crippen LogP contribution in [0.25, 0.3) is 0 Å². The van der Waals surface area contributed by atoms with Crippen molar-refractivity contribution in [2.45, 2.75) is 33.2 Å². The van der Waals surface area contributed by atoms with Crippen molar-refractivity contribution in [3.63, 3.8) is 0 Å². The van der Waals surface area contributed by atoms with Crippen LogP contribution in [-0.2, 0) is 0 Å². The van der Waals surface area contributed by atoms with Crippen LogP contribution in [0, 0.1) is 5.92 Å². The van der Waals surface area contributed by atoms with Crippen LogP contribution in [0.2, 0.25) is 0 Å². The molecule has 53 valence electrons. The molecule has 0 rings (SSSR count). The lowest BCUT2D eigenvalue weighted by Gasteiger charge is -2.11. The van der Waals surface area contributed by atoms with Crippen molar-refractivity contribution < 1.29 is 0 Å². The van der Waals surface area contributed by atoms with E-state index in [1.54, 1.807) is 0 Å². The molecule has 0 aliphatic heterocycles. The molecule has 0 aromatic heterocycles. The maximum absolute atomic E-state index is 4.52. The molecule has 1 unspecified atom stereocenters. The van der Waals surface area contributed by atoms with Gasteiger partial charge < -0.3 is 5.32 Å². The first-order valence-corrected chi connectivity index (χ1v) is 3.70. The van der Waals surface area contributed by atoms with Gasteiger partial charge in [0.2, 0.25) is 0 Å². The quantitative estimate of drug-likeness (QED) is 0.477. The van der Waals surface area contributed by atoms with Crippen LogP contribution >= 0.6 is 12.2 Å². The lowest BCUT2D eigenvalue weighted by molar-refractivity contribution is 0.495. The molecule has 0 fully saturated rings. The third kappa shape index (κ3) is 5.77. The highest BCUT2D eigenvalue weighted by molar-refractivity contribution is 7.78. The van der Waals surface area contributed by atoms with Gasteiger partial charge in [-0.2, -0.15) is 0 Å². The molecule has 1 atom stereocenters. The van der Waals surface area contributed by atoms with Crippen LogP contribution in [0.5, 0.6) is 0 Å². The average Bonchev–Trinajstić information content (AvgIpc) is 1.63. The van der Waals surface area contributed by atoms with Crippen molar-refractivity contribution in [2.24, 2.45) is 5.92 Å². The summed E-state index contributed by atoms with van der Waals surface area (Å²) < 4.78 is 0. The van der Waals surface area contributed by atoms with Crippen molar-refractivity contribution in [3.8, 4) is 0 Å². The van der Waals surface area contributed by atoms with Gasteiger partial charge in [-0.3, -0.25) is 0 Å². The van der Waals surface area contributed by atoms with E-state index in [0.29, 0.717) is 6.04 Å². The molecule has 0 saturated carbocycles. The highest BCUT2D eigenvalue weighted by atomic mass is 32.1.